The molecule has 1 aliphatic heterocycles. The molecule has 0 saturated heterocycles. The van der Waals surface area contributed by atoms with Crippen LogP contribution < -0.4 is 0 Å². The van der Waals surface area contributed by atoms with Gasteiger partial charge in [-0.25, -0.2) is 4.39 Å². The summed E-state index contributed by atoms with van der Waals surface area (Å²) in [5.41, 5.74) is 3.00. The van der Waals surface area contributed by atoms with Crippen molar-refractivity contribution in [2.75, 3.05) is 6.54 Å². The quantitative estimate of drug-likeness (QED) is 0.867. The molecule has 0 aliphatic carbocycles. The first-order chi connectivity index (χ1) is 8.93. The number of allylic oxidation sites excluding steroid dienone is 1. The van der Waals surface area contributed by atoms with E-state index in [4.69, 9.17) is 5.11 Å². The third kappa shape index (κ3) is 2.92. The minimum atomic E-state index is -0.314. The van der Waals surface area contributed by atoms with Gasteiger partial charge in [0.25, 0.3) is 0 Å². The van der Waals surface area contributed by atoms with Crippen molar-refractivity contribution in [3.05, 3.63) is 41.2 Å². The molecule has 1 heterocycles. The Morgan fingerprint density at radius 3 is 2.68 bits per heavy atom. The third-order valence-corrected chi connectivity index (χ3v) is 3.44. The van der Waals surface area contributed by atoms with Crippen molar-refractivity contribution in [1.29, 1.82) is 0 Å². The minimum absolute atomic E-state index is 0.00454. The van der Waals surface area contributed by atoms with Crippen LogP contribution in [0.3, 0.4) is 0 Å². The van der Waals surface area contributed by atoms with Gasteiger partial charge in [0.05, 0.1) is 13.2 Å². The molecular formula is C16H20FNO. The van der Waals surface area contributed by atoms with E-state index in [2.05, 4.69) is 25.8 Å². The average molecular weight is 261 g/mol. The number of halogens is 1. The molecule has 102 valence electrons. The Morgan fingerprint density at radius 1 is 1.32 bits per heavy atom. The fraction of sp³-hybridized carbons (Fsp3) is 0.438. The lowest BCUT2D eigenvalue weighted by molar-refractivity contribution is 0.275. The fourth-order valence-corrected chi connectivity index (χ4v) is 2.23. The molecule has 1 N–H and O–H groups in total. The molecular weight excluding hydrogens is 241 g/mol. The summed E-state index contributed by atoms with van der Waals surface area (Å²) in [5.74, 6) is -0.314. The smallest absolute Gasteiger partial charge is 0.136 e. The number of aliphatic imine (C=N–C) groups is 1. The van der Waals surface area contributed by atoms with Crippen LogP contribution in [0.5, 0.6) is 0 Å². The first-order valence-electron chi connectivity index (χ1n) is 6.55. The van der Waals surface area contributed by atoms with Crippen LogP contribution in [-0.2, 0) is 6.61 Å². The normalized spacial score (nSPS) is 16.1. The van der Waals surface area contributed by atoms with Gasteiger partial charge < -0.3 is 5.11 Å². The summed E-state index contributed by atoms with van der Waals surface area (Å²) in [5, 5.41) is 9.14. The molecule has 1 aromatic carbocycles. The maximum absolute atomic E-state index is 14.2. The Kier molecular flexibility index (Phi) is 3.85. The predicted molar refractivity (Wildman–Crippen MR) is 76.7 cm³/mol. The van der Waals surface area contributed by atoms with Crippen molar-refractivity contribution in [3.8, 4) is 0 Å². The largest absolute Gasteiger partial charge is 0.392 e. The van der Waals surface area contributed by atoms with Crippen LogP contribution in [0.15, 0.2) is 29.3 Å². The predicted octanol–water partition coefficient (Wildman–Crippen LogP) is 3.59. The molecule has 1 aliphatic rings. The Bertz CT molecular complexity index is 538. The molecule has 0 spiro atoms. The van der Waals surface area contributed by atoms with E-state index in [0.29, 0.717) is 24.1 Å². The topological polar surface area (TPSA) is 32.6 Å². The lowest BCUT2D eigenvalue weighted by atomic mass is 9.83. The second-order valence-corrected chi connectivity index (χ2v) is 5.88. The van der Waals surface area contributed by atoms with Gasteiger partial charge in [-0.3, -0.25) is 4.99 Å². The van der Waals surface area contributed by atoms with Crippen molar-refractivity contribution in [2.24, 2.45) is 10.4 Å². The molecule has 0 amide bonds. The summed E-state index contributed by atoms with van der Waals surface area (Å²) in [7, 11) is 0. The SMILES string of the molecule is CC(C)(C)C1=NCC=C(c2cccc(CO)c2F)C1. The number of rotatable bonds is 2. The van der Waals surface area contributed by atoms with Gasteiger partial charge in [0, 0.05) is 28.7 Å². The highest BCUT2D eigenvalue weighted by molar-refractivity contribution is 5.98. The van der Waals surface area contributed by atoms with Crippen molar-refractivity contribution >= 4 is 11.3 Å². The second-order valence-electron chi connectivity index (χ2n) is 5.88. The molecule has 3 heteroatoms. The standard InChI is InChI=1S/C16H20FNO/c1-16(2,3)14-9-11(7-8-18-14)13-6-4-5-12(10-19)15(13)17/h4-7,19H,8-10H2,1-3H3. The molecule has 0 fully saturated rings. The van der Waals surface area contributed by atoms with Gasteiger partial charge in [0.2, 0.25) is 0 Å². The molecule has 19 heavy (non-hydrogen) atoms. The number of aliphatic hydroxyl groups excluding tert-OH is 1. The first-order valence-corrected chi connectivity index (χ1v) is 6.55. The van der Waals surface area contributed by atoms with Crippen LogP contribution in [0.1, 0.15) is 38.3 Å². The maximum atomic E-state index is 14.2. The number of hydrogen-bond acceptors (Lipinski definition) is 2. The Morgan fingerprint density at radius 2 is 2.05 bits per heavy atom. The van der Waals surface area contributed by atoms with Crippen molar-refractivity contribution < 1.29 is 9.50 Å². The molecule has 0 bridgehead atoms. The highest BCUT2D eigenvalue weighted by Gasteiger charge is 2.23. The number of nitrogens with zero attached hydrogens (tertiary/aromatic N) is 1. The molecule has 2 nitrogen and oxygen atoms in total. The summed E-state index contributed by atoms with van der Waals surface area (Å²) in [4.78, 5) is 4.52. The van der Waals surface area contributed by atoms with Gasteiger partial charge in [0.1, 0.15) is 5.82 Å². The summed E-state index contributed by atoms with van der Waals surface area (Å²) in [6, 6.07) is 5.17. The summed E-state index contributed by atoms with van der Waals surface area (Å²) in [6.45, 7) is 6.69. The van der Waals surface area contributed by atoms with Crippen LogP contribution >= 0.6 is 0 Å². The number of hydrogen-bond donors (Lipinski definition) is 1. The average Bonchev–Trinajstić information content (AvgIpc) is 2.38. The van der Waals surface area contributed by atoms with E-state index in [1.54, 1.807) is 18.2 Å². The number of benzene rings is 1. The minimum Gasteiger partial charge on any atom is -0.392 e. The van der Waals surface area contributed by atoms with Gasteiger partial charge in [-0.15, -0.1) is 0 Å². The molecule has 2 rings (SSSR count). The Balaban J connectivity index is 2.32. The molecule has 0 saturated carbocycles. The second kappa shape index (κ2) is 5.25. The zero-order chi connectivity index (χ0) is 14.0. The van der Waals surface area contributed by atoms with Crippen molar-refractivity contribution in [1.82, 2.24) is 0 Å². The van der Waals surface area contributed by atoms with Crippen molar-refractivity contribution in [2.45, 2.75) is 33.8 Å². The molecule has 0 unspecified atom stereocenters. The van der Waals surface area contributed by atoms with E-state index in [-0.39, 0.29) is 17.8 Å². The van der Waals surface area contributed by atoms with E-state index >= 15 is 0 Å². The zero-order valence-electron chi connectivity index (χ0n) is 11.7. The van der Waals surface area contributed by atoms with E-state index in [1.807, 2.05) is 6.08 Å². The van der Waals surface area contributed by atoms with E-state index in [0.717, 1.165) is 11.3 Å². The van der Waals surface area contributed by atoms with Crippen LogP contribution in [0.4, 0.5) is 4.39 Å². The number of dihydropyridines is 1. The Labute approximate surface area is 113 Å². The van der Waals surface area contributed by atoms with Crippen LogP contribution in [0.25, 0.3) is 5.57 Å². The zero-order valence-corrected chi connectivity index (χ0v) is 11.7. The van der Waals surface area contributed by atoms with Crippen LogP contribution in [0.2, 0.25) is 0 Å². The van der Waals surface area contributed by atoms with Gasteiger partial charge in [0.15, 0.2) is 0 Å². The molecule has 0 aromatic heterocycles. The lowest BCUT2D eigenvalue weighted by Crippen LogP contribution is -2.23. The maximum Gasteiger partial charge on any atom is 0.136 e. The fourth-order valence-electron chi connectivity index (χ4n) is 2.23. The van der Waals surface area contributed by atoms with E-state index in [9.17, 15) is 4.39 Å². The summed E-state index contributed by atoms with van der Waals surface area (Å²) >= 11 is 0. The highest BCUT2D eigenvalue weighted by atomic mass is 19.1. The van der Waals surface area contributed by atoms with Gasteiger partial charge in [-0.2, -0.15) is 0 Å². The highest BCUT2D eigenvalue weighted by Crippen LogP contribution is 2.31. The Hall–Kier alpha value is -1.48. The number of aliphatic hydroxyl groups is 1. The monoisotopic (exact) mass is 261 g/mol. The summed E-state index contributed by atoms with van der Waals surface area (Å²) < 4.78 is 14.2. The van der Waals surface area contributed by atoms with E-state index in [1.165, 1.54) is 0 Å². The first kappa shape index (κ1) is 13.9. The third-order valence-electron chi connectivity index (χ3n) is 3.44. The van der Waals surface area contributed by atoms with Gasteiger partial charge in [-0.1, -0.05) is 45.0 Å². The van der Waals surface area contributed by atoms with Gasteiger partial charge >= 0.3 is 0 Å². The van der Waals surface area contributed by atoms with E-state index < -0.39 is 0 Å². The molecule has 0 atom stereocenters. The lowest BCUT2D eigenvalue weighted by Gasteiger charge is -2.25. The molecule has 0 radical (unpaired) electrons. The summed E-state index contributed by atoms with van der Waals surface area (Å²) in [6.07, 6.45) is 2.64. The van der Waals surface area contributed by atoms with Crippen molar-refractivity contribution in [3.63, 3.8) is 0 Å². The van der Waals surface area contributed by atoms with Crippen LogP contribution in [0, 0.1) is 11.2 Å². The van der Waals surface area contributed by atoms with Crippen LogP contribution in [-0.4, -0.2) is 17.4 Å². The van der Waals surface area contributed by atoms with Gasteiger partial charge in [-0.05, 0) is 5.57 Å². The molecule has 1 aromatic rings.